The molecule has 0 heterocycles. The van der Waals surface area contributed by atoms with Crippen molar-refractivity contribution in [2.75, 3.05) is 14.1 Å². The van der Waals surface area contributed by atoms with E-state index in [9.17, 15) is 0 Å². The van der Waals surface area contributed by atoms with Gasteiger partial charge in [-0.3, -0.25) is 0 Å². The summed E-state index contributed by atoms with van der Waals surface area (Å²) in [5.74, 6) is 0.959. The molecule has 0 fully saturated rings. The summed E-state index contributed by atoms with van der Waals surface area (Å²) in [6, 6.07) is 6.15. The molecule has 0 aliphatic carbocycles. The fourth-order valence-electron chi connectivity index (χ4n) is 1.39. The highest BCUT2D eigenvalue weighted by atomic mass is 79.9. The predicted octanol–water partition coefficient (Wildman–Crippen LogP) is 3.30. The van der Waals surface area contributed by atoms with Crippen molar-refractivity contribution < 1.29 is 4.74 Å². The predicted molar refractivity (Wildman–Crippen MR) is 67.3 cm³/mol. The Morgan fingerprint density at radius 2 is 2.00 bits per heavy atom. The van der Waals surface area contributed by atoms with Gasteiger partial charge in [0, 0.05) is 12.1 Å². The molecular weight excluding hydrogens is 254 g/mol. The van der Waals surface area contributed by atoms with Crippen LogP contribution in [0.5, 0.6) is 5.75 Å². The molecule has 2 nitrogen and oxygen atoms in total. The van der Waals surface area contributed by atoms with E-state index in [0.717, 1.165) is 16.8 Å². The third-order valence-corrected chi connectivity index (χ3v) is 2.51. The highest BCUT2D eigenvalue weighted by molar-refractivity contribution is 9.10. The Hall–Kier alpha value is -0.540. The molecule has 0 saturated carbocycles. The summed E-state index contributed by atoms with van der Waals surface area (Å²) >= 11 is 3.52. The van der Waals surface area contributed by atoms with Gasteiger partial charge in [-0.05, 0) is 49.9 Å². The normalized spacial score (nSPS) is 11.1. The molecule has 0 atom stereocenters. The Morgan fingerprint density at radius 1 is 1.33 bits per heavy atom. The van der Waals surface area contributed by atoms with Crippen LogP contribution in [0.15, 0.2) is 22.7 Å². The maximum atomic E-state index is 5.80. The zero-order valence-corrected chi connectivity index (χ0v) is 11.3. The van der Waals surface area contributed by atoms with Crippen molar-refractivity contribution >= 4 is 15.9 Å². The molecule has 1 aromatic carbocycles. The van der Waals surface area contributed by atoms with Gasteiger partial charge in [0.25, 0.3) is 0 Å². The van der Waals surface area contributed by atoms with Crippen molar-refractivity contribution in [2.45, 2.75) is 26.5 Å². The minimum absolute atomic E-state index is 0.199. The van der Waals surface area contributed by atoms with Crippen LogP contribution in [0.1, 0.15) is 19.4 Å². The molecule has 0 aromatic heterocycles. The van der Waals surface area contributed by atoms with E-state index in [-0.39, 0.29) is 6.10 Å². The minimum Gasteiger partial charge on any atom is -0.489 e. The molecule has 0 N–H and O–H groups in total. The van der Waals surface area contributed by atoms with E-state index >= 15 is 0 Å². The van der Waals surface area contributed by atoms with Gasteiger partial charge < -0.3 is 9.64 Å². The van der Waals surface area contributed by atoms with Crippen LogP contribution in [0.3, 0.4) is 0 Å². The first-order valence-electron chi connectivity index (χ1n) is 5.09. The topological polar surface area (TPSA) is 12.5 Å². The number of nitrogens with zero attached hydrogens (tertiary/aromatic N) is 1. The van der Waals surface area contributed by atoms with Crippen LogP contribution in [-0.4, -0.2) is 25.1 Å². The summed E-state index contributed by atoms with van der Waals surface area (Å²) in [6.45, 7) is 4.97. The molecule has 0 amide bonds. The summed E-state index contributed by atoms with van der Waals surface area (Å²) in [7, 11) is 4.11. The zero-order valence-electron chi connectivity index (χ0n) is 9.75. The first-order chi connectivity index (χ1) is 7.00. The van der Waals surface area contributed by atoms with Gasteiger partial charge in [0.15, 0.2) is 0 Å². The molecule has 15 heavy (non-hydrogen) atoms. The van der Waals surface area contributed by atoms with Gasteiger partial charge in [0.05, 0.1) is 10.6 Å². The van der Waals surface area contributed by atoms with Crippen LogP contribution in [0.2, 0.25) is 0 Å². The maximum absolute atomic E-state index is 5.80. The Bertz CT molecular complexity index is 323. The van der Waals surface area contributed by atoms with Gasteiger partial charge in [-0.25, -0.2) is 0 Å². The number of hydrogen-bond acceptors (Lipinski definition) is 2. The molecular formula is C12H18BrNO. The Balaban J connectivity index is 2.97. The van der Waals surface area contributed by atoms with Crippen molar-refractivity contribution in [3.05, 3.63) is 28.2 Å². The van der Waals surface area contributed by atoms with Gasteiger partial charge in [-0.1, -0.05) is 12.1 Å². The van der Waals surface area contributed by atoms with Gasteiger partial charge in [0.1, 0.15) is 5.75 Å². The quantitative estimate of drug-likeness (QED) is 0.833. The van der Waals surface area contributed by atoms with Gasteiger partial charge >= 0.3 is 0 Å². The largest absolute Gasteiger partial charge is 0.489 e. The van der Waals surface area contributed by atoms with Gasteiger partial charge in [0.2, 0.25) is 0 Å². The fraction of sp³-hybridized carbons (Fsp3) is 0.500. The molecule has 0 saturated heterocycles. The Morgan fingerprint density at radius 3 is 2.53 bits per heavy atom. The first-order valence-corrected chi connectivity index (χ1v) is 5.88. The van der Waals surface area contributed by atoms with E-state index in [4.69, 9.17) is 4.74 Å². The number of rotatable bonds is 4. The summed E-state index contributed by atoms with van der Waals surface area (Å²) in [6.07, 6.45) is 0.199. The number of benzene rings is 1. The standard InChI is InChI=1S/C12H18BrNO/c1-9(2)15-12-10(8-14(3)4)6-5-7-11(12)13/h5-7,9H,8H2,1-4H3. The fourth-order valence-corrected chi connectivity index (χ4v) is 1.89. The van der Waals surface area contributed by atoms with Crippen LogP contribution in [0, 0.1) is 0 Å². The second-order valence-corrected chi connectivity index (χ2v) is 4.99. The Kier molecular flexibility index (Phi) is 4.61. The number of ether oxygens (including phenoxy) is 1. The van der Waals surface area contributed by atoms with Gasteiger partial charge in [-0.2, -0.15) is 0 Å². The van der Waals surface area contributed by atoms with Crippen molar-refractivity contribution in [2.24, 2.45) is 0 Å². The lowest BCUT2D eigenvalue weighted by molar-refractivity contribution is 0.235. The minimum atomic E-state index is 0.199. The second-order valence-electron chi connectivity index (χ2n) is 4.13. The average molecular weight is 272 g/mol. The molecule has 0 aliphatic rings. The maximum Gasteiger partial charge on any atom is 0.138 e. The molecule has 3 heteroatoms. The van der Waals surface area contributed by atoms with Gasteiger partial charge in [-0.15, -0.1) is 0 Å². The lowest BCUT2D eigenvalue weighted by atomic mass is 10.2. The van der Waals surface area contributed by atoms with Crippen LogP contribution in [0.25, 0.3) is 0 Å². The Labute approximate surface area is 100 Å². The first kappa shape index (κ1) is 12.5. The monoisotopic (exact) mass is 271 g/mol. The van der Waals surface area contributed by atoms with E-state index in [1.165, 1.54) is 5.56 Å². The second kappa shape index (κ2) is 5.52. The SMILES string of the molecule is CC(C)Oc1c(Br)cccc1CN(C)C. The van der Waals surface area contributed by atoms with Crippen molar-refractivity contribution in [1.82, 2.24) is 4.90 Å². The molecule has 1 rings (SSSR count). The lowest BCUT2D eigenvalue weighted by Gasteiger charge is -2.18. The molecule has 0 unspecified atom stereocenters. The third kappa shape index (κ3) is 3.84. The smallest absolute Gasteiger partial charge is 0.138 e. The summed E-state index contributed by atoms with van der Waals surface area (Å²) in [5.41, 5.74) is 1.21. The summed E-state index contributed by atoms with van der Waals surface area (Å²) in [5, 5.41) is 0. The number of halogens is 1. The lowest BCUT2D eigenvalue weighted by Crippen LogP contribution is -2.14. The van der Waals surface area contributed by atoms with Crippen LogP contribution >= 0.6 is 15.9 Å². The molecule has 0 radical (unpaired) electrons. The van der Waals surface area contributed by atoms with Crippen molar-refractivity contribution in [3.63, 3.8) is 0 Å². The highest BCUT2D eigenvalue weighted by Gasteiger charge is 2.10. The molecule has 0 aliphatic heterocycles. The molecule has 0 bridgehead atoms. The summed E-state index contributed by atoms with van der Waals surface area (Å²) < 4.78 is 6.83. The average Bonchev–Trinajstić information content (AvgIpc) is 2.09. The number of para-hydroxylation sites is 1. The zero-order chi connectivity index (χ0) is 11.4. The summed E-state index contributed by atoms with van der Waals surface area (Å²) in [4.78, 5) is 2.13. The van der Waals surface area contributed by atoms with Crippen LogP contribution in [0.4, 0.5) is 0 Å². The van der Waals surface area contributed by atoms with E-state index in [2.05, 4.69) is 41.0 Å². The van der Waals surface area contributed by atoms with E-state index in [1.54, 1.807) is 0 Å². The molecule has 0 spiro atoms. The number of hydrogen-bond donors (Lipinski definition) is 0. The van der Waals surface area contributed by atoms with E-state index < -0.39 is 0 Å². The van der Waals surface area contributed by atoms with E-state index in [0.29, 0.717) is 0 Å². The molecule has 1 aromatic rings. The van der Waals surface area contributed by atoms with Crippen LogP contribution < -0.4 is 4.74 Å². The van der Waals surface area contributed by atoms with Crippen molar-refractivity contribution in [3.8, 4) is 5.75 Å². The highest BCUT2D eigenvalue weighted by Crippen LogP contribution is 2.30. The third-order valence-electron chi connectivity index (χ3n) is 1.89. The van der Waals surface area contributed by atoms with Crippen LogP contribution in [-0.2, 0) is 6.54 Å². The van der Waals surface area contributed by atoms with E-state index in [1.807, 2.05) is 26.0 Å². The molecule has 84 valence electrons. The van der Waals surface area contributed by atoms with Crippen molar-refractivity contribution in [1.29, 1.82) is 0 Å².